The van der Waals surface area contributed by atoms with Crippen molar-refractivity contribution in [2.45, 2.75) is 25.8 Å². The van der Waals surface area contributed by atoms with Gasteiger partial charge in [0.25, 0.3) is 5.91 Å². The molecule has 0 aromatic carbocycles. The summed E-state index contributed by atoms with van der Waals surface area (Å²) in [5.74, 6) is -2.19. The number of piperidine rings is 1. The van der Waals surface area contributed by atoms with E-state index in [0.717, 1.165) is 4.90 Å². The third-order valence-corrected chi connectivity index (χ3v) is 2.63. The van der Waals surface area contributed by atoms with Crippen molar-refractivity contribution in [3.8, 4) is 0 Å². The normalized spacial score (nSPS) is 19.3. The van der Waals surface area contributed by atoms with Gasteiger partial charge in [-0.25, -0.2) is 0 Å². The number of amides is 3. The van der Waals surface area contributed by atoms with Crippen LogP contribution in [-0.4, -0.2) is 54.3 Å². The zero-order valence-electron chi connectivity index (χ0n) is 10.7. The number of nitrogens with one attached hydrogen (secondary N) is 1. The molecule has 8 nitrogen and oxygen atoms in total. The largest absolute Gasteiger partial charge is 0.465 e. The van der Waals surface area contributed by atoms with Crippen LogP contribution >= 0.6 is 0 Å². The Morgan fingerprint density at radius 1 is 1.47 bits per heavy atom. The lowest BCUT2D eigenvalue weighted by atomic mass is 10.0. The Hall–Kier alpha value is -1.96. The number of nitrogens with two attached hydrogens (primary N) is 1. The van der Waals surface area contributed by atoms with Crippen LogP contribution in [-0.2, 0) is 23.9 Å². The smallest absolute Gasteiger partial charge is 0.326 e. The fraction of sp³-hybridized carbons (Fsp3) is 0.636. The average molecular weight is 271 g/mol. The van der Waals surface area contributed by atoms with Crippen molar-refractivity contribution in [2.24, 2.45) is 5.73 Å². The Morgan fingerprint density at radius 3 is 2.74 bits per heavy atom. The van der Waals surface area contributed by atoms with E-state index in [1.54, 1.807) is 6.92 Å². The van der Waals surface area contributed by atoms with Crippen LogP contribution < -0.4 is 11.1 Å². The van der Waals surface area contributed by atoms with E-state index >= 15 is 0 Å². The topological polar surface area (TPSA) is 119 Å². The maximum Gasteiger partial charge on any atom is 0.326 e. The van der Waals surface area contributed by atoms with Crippen LogP contribution in [0.2, 0.25) is 0 Å². The first-order chi connectivity index (χ1) is 8.99. The number of rotatable bonds is 5. The van der Waals surface area contributed by atoms with Gasteiger partial charge in [0.1, 0.15) is 12.6 Å². The average Bonchev–Trinajstić information content (AvgIpc) is 2.38. The SMILES string of the molecule is CCOC(=O)CN1C(=O)CC[C@H](NC(=O)CN)C1=O. The fourth-order valence-corrected chi connectivity index (χ4v) is 1.73. The minimum atomic E-state index is -0.817. The third kappa shape index (κ3) is 4.02. The zero-order chi connectivity index (χ0) is 14.4. The van der Waals surface area contributed by atoms with Crippen molar-refractivity contribution in [2.75, 3.05) is 19.7 Å². The monoisotopic (exact) mass is 271 g/mol. The molecule has 0 bridgehead atoms. The number of hydrogen-bond donors (Lipinski definition) is 2. The van der Waals surface area contributed by atoms with Crippen LogP contribution in [0.1, 0.15) is 19.8 Å². The number of carbonyl (C=O) groups is 4. The molecule has 0 unspecified atom stereocenters. The zero-order valence-corrected chi connectivity index (χ0v) is 10.7. The molecule has 106 valence electrons. The van der Waals surface area contributed by atoms with Crippen molar-refractivity contribution >= 4 is 23.7 Å². The number of likely N-dealkylation sites (tertiary alicyclic amines) is 1. The maximum atomic E-state index is 12.0. The summed E-state index contributed by atoms with van der Waals surface area (Å²) in [5, 5.41) is 2.41. The molecule has 0 spiro atoms. The summed E-state index contributed by atoms with van der Waals surface area (Å²) in [6.45, 7) is 1.13. The maximum absolute atomic E-state index is 12.0. The highest BCUT2D eigenvalue weighted by Crippen LogP contribution is 2.13. The number of ether oxygens (including phenoxy) is 1. The molecule has 1 saturated heterocycles. The Balaban J connectivity index is 2.68. The molecule has 1 fully saturated rings. The first-order valence-corrected chi connectivity index (χ1v) is 5.98. The van der Waals surface area contributed by atoms with Crippen LogP contribution in [0.25, 0.3) is 0 Å². The Morgan fingerprint density at radius 2 is 2.16 bits per heavy atom. The molecule has 1 heterocycles. The number of hydrogen-bond acceptors (Lipinski definition) is 6. The minimum Gasteiger partial charge on any atom is -0.465 e. The van der Waals surface area contributed by atoms with E-state index in [9.17, 15) is 19.2 Å². The summed E-state index contributed by atoms with van der Waals surface area (Å²) in [6.07, 6.45) is 0.295. The van der Waals surface area contributed by atoms with Crippen LogP contribution in [0.3, 0.4) is 0 Å². The van der Waals surface area contributed by atoms with Gasteiger partial charge in [-0.05, 0) is 13.3 Å². The van der Waals surface area contributed by atoms with Crippen LogP contribution in [0.4, 0.5) is 0 Å². The van der Waals surface area contributed by atoms with E-state index in [0.29, 0.717) is 0 Å². The van der Waals surface area contributed by atoms with Gasteiger partial charge >= 0.3 is 5.97 Å². The summed E-state index contributed by atoms with van der Waals surface area (Å²) in [4.78, 5) is 46.8. The third-order valence-electron chi connectivity index (χ3n) is 2.63. The van der Waals surface area contributed by atoms with Crippen molar-refractivity contribution in [3.63, 3.8) is 0 Å². The van der Waals surface area contributed by atoms with Crippen LogP contribution in [0.15, 0.2) is 0 Å². The number of carbonyl (C=O) groups excluding carboxylic acids is 4. The summed E-state index contributed by atoms with van der Waals surface area (Å²) in [6, 6.07) is -0.817. The predicted octanol–water partition coefficient (Wildman–Crippen LogP) is -1.86. The van der Waals surface area contributed by atoms with E-state index in [1.165, 1.54) is 0 Å². The van der Waals surface area contributed by atoms with Gasteiger partial charge in [0.2, 0.25) is 11.8 Å². The highest BCUT2D eigenvalue weighted by molar-refractivity contribution is 6.03. The van der Waals surface area contributed by atoms with E-state index in [1.807, 2.05) is 0 Å². The van der Waals surface area contributed by atoms with Gasteiger partial charge in [-0.15, -0.1) is 0 Å². The Labute approximate surface area is 110 Å². The van der Waals surface area contributed by atoms with Gasteiger partial charge in [-0.1, -0.05) is 0 Å². The standard InChI is InChI=1S/C11H17N3O5/c1-2-19-10(17)6-14-9(16)4-3-7(11(14)18)13-8(15)5-12/h7H,2-6,12H2,1H3,(H,13,15)/t7-/m0/s1. The van der Waals surface area contributed by atoms with Crippen molar-refractivity contribution in [1.82, 2.24) is 10.2 Å². The molecule has 8 heteroatoms. The van der Waals surface area contributed by atoms with Crippen LogP contribution in [0, 0.1) is 0 Å². The first-order valence-electron chi connectivity index (χ1n) is 5.98. The molecule has 0 aromatic heterocycles. The lowest BCUT2D eigenvalue weighted by molar-refractivity contribution is -0.158. The van der Waals surface area contributed by atoms with Gasteiger partial charge in [-0.3, -0.25) is 24.1 Å². The minimum absolute atomic E-state index is 0.0840. The summed E-state index contributed by atoms with van der Waals surface area (Å²) in [7, 11) is 0. The predicted molar refractivity (Wildman–Crippen MR) is 63.6 cm³/mol. The quantitative estimate of drug-likeness (QED) is 0.447. The molecular weight excluding hydrogens is 254 g/mol. The van der Waals surface area contributed by atoms with Gasteiger partial charge < -0.3 is 15.8 Å². The highest BCUT2D eigenvalue weighted by atomic mass is 16.5. The summed E-state index contributed by atoms with van der Waals surface area (Å²) in [5.41, 5.74) is 5.14. The molecule has 3 amide bonds. The van der Waals surface area contributed by atoms with E-state index < -0.39 is 36.3 Å². The van der Waals surface area contributed by atoms with Gasteiger partial charge in [0.15, 0.2) is 0 Å². The summed E-state index contributed by atoms with van der Waals surface area (Å²) < 4.78 is 4.69. The molecule has 1 aliphatic rings. The molecule has 19 heavy (non-hydrogen) atoms. The molecule has 1 aliphatic heterocycles. The number of imide groups is 1. The van der Waals surface area contributed by atoms with Crippen molar-refractivity contribution in [1.29, 1.82) is 0 Å². The molecule has 0 aliphatic carbocycles. The lowest BCUT2D eigenvalue weighted by Gasteiger charge is -2.30. The molecule has 3 N–H and O–H groups in total. The number of esters is 1. The highest BCUT2D eigenvalue weighted by Gasteiger charge is 2.36. The van der Waals surface area contributed by atoms with Gasteiger partial charge in [0, 0.05) is 6.42 Å². The first kappa shape index (κ1) is 15.1. The lowest BCUT2D eigenvalue weighted by Crippen LogP contribution is -2.56. The second-order valence-corrected chi connectivity index (χ2v) is 3.99. The number of nitrogens with zero attached hydrogens (tertiary/aromatic N) is 1. The summed E-state index contributed by atoms with van der Waals surface area (Å²) >= 11 is 0. The van der Waals surface area contributed by atoms with Gasteiger partial charge in [0.05, 0.1) is 13.2 Å². The Bertz CT molecular complexity index is 396. The molecule has 1 rings (SSSR count). The Kier molecular flexibility index (Phi) is 5.43. The van der Waals surface area contributed by atoms with Crippen LogP contribution in [0.5, 0.6) is 0 Å². The second kappa shape index (κ2) is 6.83. The molecular formula is C11H17N3O5. The van der Waals surface area contributed by atoms with Crippen molar-refractivity contribution < 1.29 is 23.9 Å². The molecule has 0 saturated carbocycles. The molecule has 1 atom stereocenters. The van der Waals surface area contributed by atoms with E-state index in [2.05, 4.69) is 10.1 Å². The van der Waals surface area contributed by atoms with Crippen molar-refractivity contribution in [3.05, 3.63) is 0 Å². The second-order valence-electron chi connectivity index (χ2n) is 3.99. The van der Waals surface area contributed by atoms with Gasteiger partial charge in [-0.2, -0.15) is 0 Å². The molecule has 0 aromatic rings. The fourth-order valence-electron chi connectivity index (χ4n) is 1.73. The molecule has 0 radical (unpaired) electrons. The van der Waals surface area contributed by atoms with E-state index in [-0.39, 0.29) is 26.0 Å². The van der Waals surface area contributed by atoms with E-state index in [4.69, 9.17) is 5.73 Å².